The second-order valence-corrected chi connectivity index (χ2v) is 20.9. The Morgan fingerprint density at radius 2 is 0.696 bits per heavy atom. The molecule has 2 nitrogen and oxygen atoms in total. The summed E-state index contributed by atoms with van der Waals surface area (Å²) >= 11 is 0. The lowest BCUT2D eigenvalue weighted by atomic mass is 9.83. The third kappa shape index (κ3) is 8.30. The van der Waals surface area contributed by atoms with E-state index < -0.39 is 0 Å². The highest BCUT2D eigenvalue weighted by molar-refractivity contribution is 6.11. The summed E-state index contributed by atoms with van der Waals surface area (Å²) < 4.78 is 4.79. The first-order valence-electron chi connectivity index (χ1n) is 27.3. The summed E-state index contributed by atoms with van der Waals surface area (Å²) in [7, 11) is 0. The molecule has 15 aromatic rings. The molecule has 0 aliphatic carbocycles. The van der Waals surface area contributed by atoms with Crippen LogP contribution in [0.4, 0.5) is 0 Å². The number of rotatable bonds is 10. The van der Waals surface area contributed by atoms with E-state index in [2.05, 4.69) is 319 Å². The number of hydrogen-bond acceptors (Lipinski definition) is 0. The van der Waals surface area contributed by atoms with Crippen molar-refractivity contribution in [1.29, 1.82) is 0 Å². The average Bonchev–Trinajstić information content (AvgIpc) is 4.11. The fraction of sp³-hybridized carbons (Fsp3) is 0.0130. The lowest BCUT2D eigenvalue weighted by Crippen LogP contribution is -2.04. The summed E-state index contributed by atoms with van der Waals surface area (Å²) in [6, 6.07) is 111. The van der Waals surface area contributed by atoms with Gasteiger partial charge in [-0.1, -0.05) is 243 Å². The maximum atomic E-state index is 2.43. The zero-order valence-corrected chi connectivity index (χ0v) is 43.4. The Morgan fingerprint density at radius 1 is 0.266 bits per heavy atom. The molecule has 0 amide bonds. The van der Waals surface area contributed by atoms with E-state index in [4.69, 9.17) is 0 Å². The highest BCUT2D eigenvalue weighted by Gasteiger charge is 2.21. The van der Waals surface area contributed by atoms with Gasteiger partial charge in [0, 0.05) is 38.8 Å². The molecule has 13 aromatic carbocycles. The van der Waals surface area contributed by atoms with E-state index in [1.165, 1.54) is 126 Å². The lowest BCUT2D eigenvalue weighted by Gasteiger charge is -2.20. The van der Waals surface area contributed by atoms with Crippen molar-refractivity contribution >= 4 is 76.8 Å². The van der Waals surface area contributed by atoms with Gasteiger partial charge in [-0.05, 0) is 149 Å². The van der Waals surface area contributed by atoms with Crippen molar-refractivity contribution in [3.05, 3.63) is 337 Å². The first kappa shape index (κ1) is 46.1. The summed E-state index contributed by atoms with van der Waals surface area (Å²) in [6.07, 6.45) is 2.36. The molecule has 0 aliphatic rings. The topological polar surface area (TPSA) is 9.86 Å². The van der Waals surface area contributed by atoms with Gasteiger partial charge < -0.3 is 9.13 Å². The Hall–Kier alpha value is -10.3. The van der Waals surface area contributed by atoms with Crippen LogP contribution in [0.15, 0.2) is 303 Å². The van der Waals surface area contributed by atoms with Gasteiger partial charge in [0.1, 0.15) is 0 Å². The molecule has 2 heterocycles. The van der Waals surface area contributed by atoms with Crippen LogP contribution in [0.25, 0.3) is 110 Å². The van der Waals surface area contributed by atoms with E-state index >= 15 is 0 Å². The third-order valence-electron chi connectivity index (χ3n) is 16.2. The highest BCUT2D eigenvalue weighted by Crippen LogP contribution is 2.41. The van der Waals surface area contributed by atoms with Crippen LogP contribution < -0.4 is 0 Å². The predicted molar refractivity (Wildman–Crippen MR) is 335 cm³/mol. The molecule has 0 aliphatic heterocycles. The summed E-state index contributed by atoms with van der Waals surface area (Å²) in [5.41, 5.74) is 20.4. The van der Waals surface area contributed by atoms with Crippen molar-refractivity contribution < 1.29 is 0 Å². The SMILES string of the molecule is C(=C(\c1ccc(-c2ccc(-c3ccc(C(c4ccc5ccccc5c4)c4ccc5c(c4)c4ccccc4n5-c4ccccc4)cc3)cc2)cc1)c1ccc2ccccc2c1)/c1ccc2c3ccccc3n(-c3ccccc3)c2c1. The van der Waals surface area contributed by atoms with Crippen LogP contribution in [0.1, 0.15) is 39.3 Å². The van der Waals surface area contributed by atoms with E-state index in [0.717, 1.165) is 11.3 Å². The number of fused-ring (bicyclic) bond motifs is 8. The van der Waals surface area contributed by atoms with Gasteiger partial charge in [0.2, 0.25) is 0 Å². The molecule has 0 fully saturated rings. The molecular weight excluding hydrogens is 953 g/mol. The minimum absolute atomic E-state index is 0.0279. The van der Waals surface area contributed by atoms with Gasteiger partial charge in [-0.2, -0.15) is 0 Å². The second-order valence-electron chi connectivity index (χ2n) is 20.9. The van der Waals surface area contributed by atoms with Crippen LogP contribution in [-0.2, 0) is 0 Å². The molecule has 15 rings (SSSR count). The summed E-state index contributed by atoms with van der Waals surface area (Å²) in [6.45, 7) is 0. The molecular formula is C77H52N2. The van der Waals surface area contributed by atoms with Gasteiger partial charge >= 0.3 is 0 Å². The van der Waals surface area contributed by atoms with Crippen LogP contribution in [0.5, 0.6) is 0 Å². The van der Waals surface area contributed by atoms with Crippen LogP contribution in [0.3, 0.4) is 0 Å². The van der Waals surface area contributed by atoms with Crippen LogP contribution in [0, 0.1) is 0 Å². The summed E-state index contributed by atoms with van der Waals surface area (Å²) in [5, 5.41) is 9.97. The van der Waals surface area contributed by atoms with Gasteiger partial charge in [-0.25, -0.2) is 0 Å². The standard InChI is InChI=1S/C77H52N2/c1-3-19-66(20-4-1)78-74-26-14-12-24-69(74)72-51-65(44-46-75(72)78)77(64-43-37-54-16-8-10-18-62(54)50-64)60-40-34-58(35-41-60)56-30-28-55(29-31-56)57-32-38-59(39-33-57)71(63-42-36-53-15-7-9-17-61(53)49-63)47-52-27-45-70-68-23-11-13-25-73(68)79(76(70)48-52)67-21-5-2-6-22-67/h1-51,77H/b71-47-. The van der Waals surface area contributed by atoms with E-state index in [1.807, 2.05) is 0 Å². The number of hydrogen-bond donors (Lipinski definition) is 0. The van der Waals surface area contributed by atoms with Gasteiger partial charge in [-0.15, -0.1) is 0 Å². The fourth-order valence-corrected chi connectivity index (χ4v) is 12.3. The van der Waals surface area contributed by atoms with Crippen molar-refractivity contribution in [1.82, 2.24) is 9.13 Å². The molecule has 1 atom stereocenters. The second kappa shape index (κ2) is 19.4. The minimum atomic E-state index is 0.0279. The maximum Gasteiger partial charge on any atom is 0.0547 e. The predicted octanol–water partition coefficient (Wildman–Crippen LogP) is 20.3. The maximum absolute atomic E-state index is 2.43. The quantitative estimate of drug-likeness (QED) is 0.0954. The van der Waals surface area contributed by atoms with Gasteiger partial charge in [0.25, 0.3) is 0 Å². The number of aromatic nitrogens is 2. The van der Waals surface area contributed by atoms with Crippen molar-refractivity contribution in [2.45, 2.75) is 5.92 Å². The molecule has 0 N–H and O–H groups in total. The molecule has 79 heavy (non-hydrogen) atoms. The smallest absolute Gasteiger partial charge is 0.0547 e. The third-order valence-corrected chi connectivity index (χ3v) is 16.2. The van der Waals surface area contributed by atoms with Crippen molar-refractivity contribution in [2.24, 2.45) is 0 Å². The summed E-state index contributed by atoms with van der Waals surface area (Å²) in [5.74, 6) is 0.0279. The molecule has 1 unspecified atom stereocenters. The molecule has 370 valence electrons. The Morgan fingerprint density at radius 3 is 1.33 bits per heavy atom. The Bertz CT molecular complexity index is 4790. The zero-order chi connectivity index (χ0) is 52.2. The van der Waals surface area contributed by atoms with Gasteiger partial charge in [0.05, 0.1) is 22.1 Å². The number of nitrogens with zero attached hydrogens (tertiary/aromatic N) is 2. The van der Waals surface area contributed by atoms with E-state index in [-0.39, 0.29) is 5.92 Å². The van der Waals surface area contributed by atoms with E-state index in [0.29, 0.717) is 0 Å². The highest BCUT2D eigenvalue weighted by atomic mass is 15.0. The Balaban J connectivity index is 0.757. The Labute approximate surface area is 459 Å². The molecule has 0 radical (unpaired) electrons. The first-order valence-corrected chi connectivity index (χ1v) is 27.3. The van der Waals surface area contributed by atoms with E-state index in [9.17, 15) is 0 Å². The number of para-hydroxylation sites is 4. The monoisotopic (exact) mass is 1000 g/mol. The molecule has 2 heteroatoms. The van der Waals surface area contributed by atoms with Crippen molar-refractivity contribution in [2.75, 3.05) is 0 Å². The fourth-order valence-electron chi connectivity index (χ4n) is 12.3. The van der Waals surface area contributed by atoms with Crippen molar-refractivity contribution in [3.63, 3.8) is 0 Å². The summed E-state index contributed by atoms with van der Waals surface area (Å²) in [4.78, 5) is 0. The number of benzene rings is 13. The lowest BCUT2D eigenvalue weighted by molar-refractivity contribution is 0.983. The van der Waals surface area contributed by atoms with Crippen molar-refractivity contribution in [3.8, 4) is 33.6 Å². The van der Waals surface area contributed by atoms with E-state index in [1.54, 1.807) is 0 Å². The minimum Gasteiger partial charge on any atom is -0.309 e. The molecule has 0 saturated carbocycles. The first-order chi connectivity index (χ1) is 39.1. The molecule has 0 saturated heterocycles. The normalized spacial score (nSPS) is 12.3. The zero-order valence-electron chi connectivity index (χ0n) is 43.4. The van der Waals surface area contributed by atoms with Gasteiger partial charge in [-0.3, -0.25) is 0 Å². The average molecular weight is 1010 g/mol. The largest absolute Gasteiger partial charge is 0.309 e. The van der Waals surface area contributed by atoms with Gasteiger partial charge in [0.15, 0.2) is 0 Å². The molecule has 0 bridgehead atoms. The molecule has 2 aromatic heterocycles. The van der Waals surface area contributed by atoms with Crippen LogP contribution in [-0.4, -0.2) is 9.13 Å². The molecule has 0 spiro atoms. The van der Waals surface area contributed by atoms with Crippen LogP contribution in [0.2, 0.25) is 0 Å². The Kier molecular flexibility index (Phi) is 11.3. The van der Waals surface area contributed by atoms with Crippen LogP contribution >= 0.6 is 0 Å².